The Bertz CT molecular complexity index is 226. The molecule has 1 fully saturated rings. The summed E-state index contributed by atoms with van der Waals surface area (Å²) in [4.78, 5) is 23.5. The second-order valence-corrected chi connectivity index (χ2v) is 3.31. The fourth-order valence-electron chi connectivity index (χ4n) is 1.74. The van der Waals surface area contributed by atoms with Gasteiger partial charge in [0.1, 0.15) is 6.10 Å². The number of nitrogens with zero attached hydrogens (tertiary/aromatic N) is 1. The van der Waals surface area contributed by atoms with Crippen LogP contribution >= 0.6 is 0 Å². The number of carbonyl (C=O) groups is 2. The first kappa shape index (κ1) is 9.19. The fourth-order valence-corrected chi connectivity index (χ4v) is 1.74. The molecule has 0 radical (unpaired) electrons. The van der Waals surface area contributed by atoms with Crippen LogP contribution in [0.3, 0.4) is 0 Å². The summed E-state index contributed by atoms with van der Waals surface area (Å²) in [5.41, 5.74) is 0. The zero-order valence-corrected chi connectivity index (χ0v) is 7.44. The van der Waals surface area contributed by atoms with Gasteiger partial charge in [-0.05, 0) is 6.92 Å². The molecule has 0 aliphatic carbocycles. The lowest BCUT2D eigenvalue weighted by molar-refractivity contribution is -0.136. The van der Waals surface area contributed by atoms with Gasteiger partial charge < -0.3 is 10.0 Å². The molecular formula is C8H13NO3. The van der Waals surface area contributed by atoms with Gasteiger partial charge in [-0.2, -0.15) is 0 Å². The number of likely N-dealkylation sites (N-methyl/N-ethyl adjacent to an activating group) is 1. The number of hydrogen-bond donors (Lipinski definition) is 1. The van der Waals surface area contributed by atoms with Crippen molar-refractivity contribution >= 4 is 11.7 Å². The highest BCUT2D eigenvalue weighted by Crippen LogP contribution is 2.24. The van der Waals surface area contributed by atoms with Crippen molar-refractivity contribution < 1.29 is 14.7 Å². The highest BCUT2D eigenvalue weighted by Gasteiger charge is 2.44. The van der Waals surface area contributed by atoms with E-state index in [1.165, 1.54) is 11.8 Å². The number of likely N-dealkylation sites (tertiary alicyclic amines) is 1. The van der Waals surface area contributed by atoms with Crippen molar-refractivity contribution in [2.24, 2.45) is 5.92 Å². The van der Waals surface area contributed by atoms with Crippen molar-refractivity contribution in [2.75, 3.05) is 7.05 Å². The summed E-state index contributed by atoms with van der Waals surface area (Å²) in [5, 5.41) is 9.31. The van der Waals surface area contributed by atoms with E-state index in [1.54, 1.807) is 14.0 Å². The van der Waals surface area contributed by atoms with E-state index in [9.17, 15) is 14.7 Å². The molecule has 0 spiro atoms. The van der Waals surface area contributed by atoms with Gasteiger partial charge in [0.15, 0.2) is 5.78 Å². The number of amides is 1. The molecule has 0 aromatic rings. The second kappa shape index (κ2) is 2.86. The van der Waals surface area contributed by atoms with E-state index in [-0.39, 0.29) is 17.6 Å². The Kier molecular flexibility index (Phi) is 2.19. The molecule has 0 aromatic heterocycles. The molecule has 68 valence electrons. The Labute approximate surface area is 71.2 Å². The Hall–Kier alpha value is -0.900. The van der Waals surface area contributed by atoms with E-state index in [4.69, 9.17) is 0 Å². The predicted octanol–water partition coefficient (Wildman–Crippen LogP) is -0.587. The Morgan fingerprint density at radius 1 is 1.58 bits per heavy atom. The van der Waals surface area contributed by atoms with Gasteiger partial charge in [0.05, 0.1) is 6.04 Å². The summed E-state index contributed by atoms with van der Waals surface area (Å²) in [6.45, 7) is 3.14. The third-order valence-corrected chi connectivity index (χ3v) is 2.43. The van der Waals surface area contributed by atoms with Gasteiger partial charge in [-0.1, -0.05) is 6.92 Å². The molecule has 1 rings (SSSR count). The molecule has 1 aliphatic heterocycles. The Morgan fingerprint density at radius 3 is 2.25 bits per heavy atom. The lowest BCUT2D eigenvalue weighted by Gasteiger charge is -2.18. The van der Waals surface area contributed by atoms with E-state index in [1.807, 2.05) is 0 Å². The number of rotatable bonds is 1. The van der Waals surface area contributed by atoms with Crippen LogP contribution in [0.5, 0.6) is 0 Å². The maximum Gasteiger partial charge on any atom is 0.252 e. The second-order valence-electron chi connectivity index (χ2n) is 3.31. The maximum atomic E-state index is 11.2. The molecule has 1 saturated heterocycles. The number of Topliss-reactive ketones (excluding diaryl/α,β-unsaturated/α-hetero) is 1. The Morgan fingerprint density at radius 2 is 2.08 bits per heavy atom. The topological polar surface area (TPSA) is 57.6 Å². The first-order chi connectivity index (χ1) is 5.46. The smallest absolute Gasteiger partial charge is 0.252 e. The molecule has 1 aliphatic rings. The van der Waals surface area contributed by atoms with E-state index in [2.05, 4.69) is 0 Å². The van der Waals surface area contributed by atoms with E-state index in [0.29, 0.717) is 0 Å². The van der Waals surface area contributed by atoms with Crippen LogP contribution in [-0.4, -0.2) is 40.9 Å². The van der Waals surface area contributed by atoms with Crippen molar-refractivity contribution in [3.8, 4) is 0 Å². The molecule has 2 unspecified atom stereocenters. The lowest BCUT2D eigenvalue weighted by Crippen LogP contribution is -2.36. The van der Waals surface area contributed by atoms with Crippen LogP contribution < -0.4 is 0 Å². The van der Waals surface area contributed by atoms with E-state index >= 15 is 0 Å². The molecule has 4 heteroatoms. The average molecular weight is 171 g/mol. The SMILES string of the molecule is CC(=O)C1C(C)[C@H](O)C(=O)N1C. The summed E-state index contributed by atoms with van der Waals surface area (Å²) in [5.74, 6) is -0.724. The minimum Gasteiger partial charge on any atom is -0.383 e. The van der Waals surface area contributed by atoms with Crippen LogP contribution in [-0.2, 0) is 9.59 Å². The number of ketones is 1. The maximum absolute atomic E-state index is 11.2. The van der Waals surface area contributed by atoms with Crippen molar-refractivity contribution in [3.63, 3.8) is 0 Å². The molecule has 0 bridgehead atoms. The van der Waals surface area contributed by atoms with E-state index < -0.39 is 12.1 Å². The van der Waals surface area contributed by atoms with Gasteiger partial charge in [0.2, 0.25) is 0 Å². The van der Waals surface area contributed by atoms with E-state index in [0.717, 1.165) is 0 Å². The minimum absolute atomic E-state index is 0.0742. The summed E-state index contributed by atoms with van der Waals surface area (Å²) >= 11 is 0. The van der Waals surface area contributed by atoms with Gasteiger partial charge in [-0.15, -0.1) is 0 Å². The lowest BCUT2D eigenvalue weighted by atomic mass is 9.98. The standard InChI is InChI=1S/C8H13NO3/c1-4-6(5(2)10)9(3)8(12)7(4)11/h4,6-7,11H,1-3H3/t4?,6?,7-/m0/s1. The molecule has 1 heterocycles. The van der Waals surface area contributed by atoms with Crippen LogP contribution in [0.15, 0.2) is 0 Å². The van der Waals surface area contributed by atoms with Crippen LogP contribution in [0.4, 0.5) is 0 Å². The average Bonchev–Trinajstić information content (AvgIpc) is 2.16. The Balaban J connectivity index is 2.90. The van der Waals surface area contributed by atoms with Crippen molar-refractivity contribution in [3.05, 3.63) is 0 Å². The van der Waals surface area contributed by atoms with Crippen molar-refractivity contribution in [1.82, 2.24) is 4.90 Å². The van der Waals surface area contributed by atoms with Crippen molar-refractivity contribution in [1.29, 1.82) is 0 Å². The van der Waals surface area contributed by atoms with Crippen LogP contribution in [0, 0.1) is 5.92 Å². The van der Waals surface area contributed by atoms with Gasteiger partial charge in [0.25, 0.3) is 5.91 Å². The largest absolute Gasteiger partial charge is 0.383 e. The highest BCUT2D eigenvalue weighted by molar-refractivity contribution is 5.93. The first-order valence-corrected chi connectivity index (χ1v) is 3.92. The molecule has 0 aromatic carbocycles. The van der Waals surface area contributed by atoms with Crippen LogP contribution in [0.25, 0.3) is 0 Å². The normalized spacial score (nSPS) is 35.8. The third-order valence-electron chi connectivity index (χ3n) is 2.43. The summed E-state index contributed by atoms with van der Waals surface area (Å²) < 4.78 is 0. The molecule has 0 saturated carbocycles. The van der Waals surface area contributed by atoms with Gasteiger partial charge in [-0.3, -0.25) is 9.59 Å². The zero-order chi connectivity index (χ0) is 9.46. The fraction of sp³-hybridized carbons (Fsp3) is 0.750. The quantitative estimate of drug-likeness (QED) is 0.574. The summed E-state index contributed by atoms with van der Waals surface area (Å²) in [6.07, 6.45) is -1.01. The highest BCUT2D eigenvalue weighted by atomic mass is 16.3. The first-order valence-electron chi connectivity index (χ1n) is 3.92. The van der Waals surface area contributed by atoms with Crippen LogP contribution in [0.2, 0.25) is 0 Å². The number of aliphatic hydroxyl groups is 1. The van der Waals surface area contributed by atoms with Crippen molar-refractivity contribution in [2.45, 2.75) is 26.0 Å². The summed E-state index contributed by atoms with van der Waals surface area (Å²) in [7, 11) is 1.54. The number of aliphatic hydroxyl groups excluding tert-OH is 1. The molecule has 4 nitrogen and oxygen atoms in total. The summed E-state index contributed by atoms with van der Waals surface area (Å²) in [6, 6.07) is -0.451. The molecule has 3 atom stereocenters. The number of hydrogen-bond acceptors (Lipinski definition) is 3. The molecule has 1 N–H and O–H groups in total. The minimum atomic E-state index is -1.01. The van der Waals surface area contributed by atoms with Gasteiger partial charge in [0, 0.05) is 13.0 Å². The van der Waals surface area contributed by atoms with Gasteiger partial charge >= 0.3 is 0 Å². The predicted molar refractivity (Wildman–Crippen MR) is 42.4 cm³/mol. The number of carbonyl (C=O) groups excluding carboxylic acids is 2. The van der Waals surface area contributed by atoms with Crippen LogP contribution in [0.1, 0.15) is 13.8 Å². The molecule has 12 heavy (non-hydrogen) atoms. The molecule has 1 amide bonds. The van der Waals surface area contributed by atoms with Gasteiger partial charge in [-0.25, -0.2) is 0 Å². The zero-order valence-electron chi connectivity index (χ0n) is 7.44. The monoisotopic (exact) mass is 171 g/mol. The third kappa shape index (κ3) is 1.12. The molecular weight excluding hydrogens is 158 g/mol.